The van der Waals surface area contributed by atoms with Crippen LogP contribution in [0.15, 0.2) is 18.2 Å². The first kappa shape index (κ1) is 13.7. The largest absolute Gasteiger partial charge is 0.508 e. The minimum atomic E-state index is -1.25. The Hall–Kier alpha value is -1.39. The second-order valence-corrected chi connectivity index (χ2v) is 4.77. The number of hydrogen-bond donors (Lipinski definition) is 3. The van der Waals surface area contributed by atoms with Gasteiger partial charge in [-0.3, -0.25) is 4.79 Å². The van der Waals surface area contributed by atoms with E-state index in [9.17, 15) is 20.1 Å². The van der Waals surface area contributed by atoms with Crippen LogP contribution in [0.4, 0.5) is 0 Å². The average molecular weight is 238 g/mol. The molecule has 1 aromatic rings. The maximum absolute atomic E-state index is 11.2. The van der Waals surface area contributed by atoms with Crippen LogP contribution in [0, 0.1) is 0 Å². The Morgan fingerprint density at radius 3 is 2.47 bits per heavy atom. The van der Waals surface area contributed by atoms with E-state index in [1.54, 1.807) is 0 Å². The molecule has 17 heavy (non-hydrogen) atoms. The third-order valence-corrected chi connectivity index (χ3v) is 2.71. The fourth-order valence-corrected chi connectivity index (χ4v) is 1.43. The minimum absolute atomic E-state index is 0.0123. The Balaban J connectivity index is 2.98. The summed E-state index contributed by atoms with van der Waals surface area (Å²) < 4.78 is 0. The van der Waals surface area contributed by atoms with Crippen molar-refractivity contribution >= 4 is 5.78 Å². The van der Waals surface area contributed by atoms with Crippen molar-refractivity contribution in [3.8, 4) is 5.75 Å². The summed E-state index contributed by atoms with van der Waals surface area (Å²) in [6.45, 7) is 4.41. The standard InChI is InChI=1S/C13H18O4/c1-8(14)9-4-5-11(15)10(6-9)7-12(16)13(2,3)17/h4-6,12,15-17H,7H2,1-3H3. The molecule has 0 saturated heterocycles. The summed E-state index contributed by atoms with van der Waals surface area (Å²) in [5, 5.41) is 29.0. The molecule has 0 amide bonds. The molecule has 0 bridgehead atoms. The average Bonchev–Trinajstić information content (AvgIpc) is 2.19. The number of benzene rings is 1. The molecular weight excluding hydrogens is 220 g/mol. The summed E-state index contributed by atoms with van der Waals surface area (Å²) in [4.78, 5) is 11.2. The van der Waals surface area contributed by atoms with Crippen LogP contribution in [-0.4, -0.2) is 32.8 Å². The van der Waals surface area contributed by atoms with Gasteiger partial charge in [0.15, 0.2) is 5.78 Å². The van der Waals surface area contributed by atoms with E-state index in [4.69, 9.17) is 0 Å². The molecule has 0 aromatic heterocycles. The number of Topliss-reactive ketones (excluding diaryl/α,β-unsaturated/α-hetero) is 1. The highest BCUT2D eigenvalue weighted by Gasteiger charge is 2.25. The molecule has 94 valence electrons. The molecule has 1 aromatic carbocycles. The molecule has 0 aliphatic heterocycles. The molecule has 4 nitrogen and oxygen atoms in total. The summed E-state index contributed by atoms with van der Waals surface area (Å²) in [6, 6.07) is 4.48. The van der Waals surface area contributed by atoms with Gasteiger partial charge in [-0.05, 0) is 44.5 Å². The minimum Gasteiger partial charge on any atom is -0.508 e. The van der Waals surface area contributed by atoms with E-state index < -0.39 is 11.7 Å². The Labute approximate surface area is 101 Å². The first-order valence-electron chi connectivity index (χ1n) is 5.45. The van der Waals surface area contributed by atoms with Crippen molar-refractivity contribution in [1.82, 2.24) is 0 Å². The number of aliphatic hydroxyl groups excluding tert-OH is 1. The normalized spacial score (nSPS) is 13.5. The second-order valence-electron chi connectivity index (χ2n) is 4.77. The van der Waals surface area contributed by atoms with E-state index in [1.165, 1.54) is 39.0 Å². The predicted octanol–water partition coefficient (Wildman–Crippen LogP) is 1.27. The van der Waals surface area contributed by atoms with Gasteiger partial charge in [-0.1, -0.05) is 0 Å². The molecule has 1 atom stereocenters. The second kappa shape index (κ2) is 4.85. The molecule has 4 heteroatoms. The summed E-state index contributed by atoms with van der Waals surface area (Å²) in [5.41, 5.74) is -0.327. The highest BCUT2D eigenvalue weighted by molar-refractivity contribution is 5.94. The van der Waals surface area contributed by atoms with E-state index >= 15 is 0 Å². The van der Waals surface area contributed by atoms with Gasteiger partial charge in [0.05, 0.1) is 11.7 Å². The van der Waals surface area contributed by atoms with E-state index in [-0.39, 0.29) is 18.0 Å². The third kappa shape index (κ3) is 3.54. The van der Waals surface area contributed by atoms with Crippen LogP contribution in [0.1, 0.15) is 36.7 Å². The van der Waals surface area contributed by atoms with Gasteiger partial charge in [0.2, 0.25) is 0 Å². The van der Waals surface area contributed by atoms with Crippen molar-refractivity contribution in [2.75, 3.05) is 0 Å². The number of carbonyl (C=O) groups excluding carboxylic acids is 1. The van der Waals surface area contributed by atoms with E-state index in [0.717, 1.165) is 0 Å². The zero-order valence-corrected chi connectivity index (χ0v) is 10.3. The van der Waals surface area contributed by atoms with Crippen LogP contribution >= 0.6 is 0 Å². The molecule has 3 N–H and O–H groups in total. The van der Waals surface area contributed by atoms with Crippen molar-refractivity contribution in [3.05, 3.63) is 29.3 Å². The smallest absolute Gasteiger partial charge is 0.159 e. The molecule has 1 rings (SSSR count). The van der Waals surface area contributed by atoms with Gasteiger partial charge in [-0.15, -0.1) is 0 Å². The van der Waals surface area contributed by atoms with Gasteiger partial charge in [0.25, 0.3) is 0 Å². The van der Waals surface area contributed by atoms with Gasteiger partial charge < -0.3 is 15.3 Å². The summed E-state index contributed by atoms with van der Waals surface area (Å²) in [7, 11) is 0. The maximum Gasteiger partial charge on any atom is 0.159 e. The van der Waals surface area contributed by atoms with Crippen LogP contribution in [0.5, 0.6) is 5.75 Å². The monoisotopic (exact) mass is 238 g/mol. The topological polar surface area (TPSA) is 77.8 Å². The Morgan fingerprint density at radius 1 is 1.41 bits per heavy atom. The number of aliphatic hydroxyl groups is 2. The van der Waals surface area contributed by atoms with Gasteiger partial charge in [0.1, 0.15) is 5.75 Å². The number of rotatable bonds is 4. The van der Waals surface area contributed by atoms with E-state index in [1.807, 2.05) is 0 Å². The zero-order chi connectivity index (χ0) is 13.2. The lowest BCUT2D eigenvalue weighted by Crippen LogP contribution is -2.37. The Kier molecular flexibility index (Phi) is 3.91. The molecule has 1 unspecified atom stereocenters. The van der Waals surface area contributed by atoms with Crippen LogP contribution in [0.2, 0.25) is 0 Å². The van der Waals surface area contributed by atoms with E-state index in [2.05, 4.69) is 0 Å². The number of hydrogen-bond acceptors (Lipinski definition) is 4. The number of carbonyl (C=O) groups is 1. The number of phenols is 1. The number of aromatic hydroxyl groups is 1. The van der Waals surface area contributed by atoms with Crippen molar-refractivity contribution in [2.24, 2.45) is 0 Å². The SMILES string of the molecule is CC(=O)c1ccc(O)c(CC(O)C(C)(C)O)c1. The van der Waals surface area contributed by atoms with Gasteiger partial charge in [-0.2, -0.15) is 0 Å². The first-order chi connectivity index (χ1) is 7.71. The third-order valence-electron chi connectivity index (χ3n) is 2.71. The zero-order valence-electron chi connectivity index (χ0n) is 10.3. The van der Waals surface area contributed by atoms with Gasteiger partial charge in [-0.25, -0.2) is 0 Å². The summed E-state index contributed by atoms with van der Waals surface area (Å²) >= 11 is 0. The lowest BCUT2D eigenvalue weighted by atomic mass is 9.93. The highest BCUT2D eigenvalue weighted by Crippen LogP contribution is 2.23. The van der Waals surface area contributed by atoms with Crippen molar-refractivity contribution in [1.29, 1.82) is 0 Å². The van der Waals surface area contributed by atoms with Crippen LogP contribution in [-0.2, 0) is 6.42 Å². The molecule has 0 heterocycles. The summed E-state index contributed by atoms with van der Waals surface area (Å²) in [6.07, 6.45) is -0.910. The quantitative estimate of drug-likeness (QED) is 0.690. The lowest BCUT2D eigenvalue weighted by Gasteiger charge is -2.24. The first-order valence-corrected chi connectivity index (χ1v) is 5.45. The number of phenolic OH excluding ortho intramolecular Hbond substituents is 1. The fourth-order valence-electron chi connectivity index (χ4n) is 1.43. The predicted molar refractivity (Wildman–Crippen MR) is 64.1 cm³/mol. The molecular formula is C13H18O4. The highest BCUT2D eigenvalue weighted by atomic mass is 16.3. The molecule has 0 aliphatic carbocycles. The molecule has 0 fully saturated rings. The van der Waals surface area contributed by atoms with Gasteiger partial charge in [0, 0.05) is 12.0 Å². The Bertz CT molecular complexity index is 418. The maximum atomic E-state index is 11.2. The lowest BCUT2D eigenvalue weighted by molar-refractivity contribution is -0.0471. The van der Waals surface area contributed by atoms with Crippen LogP contribution < -0.4 is 0 Å². The molecule has 0 saturated carbocycles. The Morgan fingerprint density at radius 2 is 2.00 bits per heavy atom. The summed E-state index contributed by atoms with van der Waals surface area (Å²) in [5.74, 6) is -0.0951. The molecule has 0 radical (unpaired) electrons. The molecule has 0 aliphatic rings. The van der Waals surface area contributed by atoms with Crippen LogP contribution in [0.25, 0.3) is 0 Å². The van der Waals surface area contributed by atoms with Crippen LogP contribution in [0.3, 0.4) is 0 Å². The van der Waals surface area contributed by atoms with Crippen molar-refractivity contribution in [2.45, 2.75) is 38.9 Å². The van der Waals surface area contributed by atoms with Gasteiger partial charge >= 0.3 is 0 Å². The number of ketones is 1. The van der Waals surface area contributed by atoms with E-state index in [0.29, 0.717) is 11.1 Å². The molecule has 0 spiro atoms. The van der Waals surface area contributed by atoms with Crippen molar-refractivity contribution < 1.29 is 20.1 Å². The van der Waals surface area contributed by atoms with Crippen molar-refractivity contribution in [3.63, 3.8) is 0 Å². The fraction of sp³-hybridized carbons (Fsp3) is 0.462.